The minimum atomic E-state index is 0.128. The Kier molecular flexibility index (Phi) is 4.53. The summed E-state index contributed by atoms with van der Waals surface area (Å²) in [5.74, 6) is 0.696. The van der Waals surface area contributed by atoms with Crippen molar-refractivity contribution < 1.29 is 9.21 Å². The van der Waals surface area contributed by atoms with Gasteiger partial charge in [0.2, 0.25) is 11.8 Å². The van der Waals surface area contributed by atoms with Crippen molar-refractivity contribution in [3.63, 3.8) is 0 Å². The molecular formula is C17H21N3O2. The van der Waals surface area contributed by atoms with Gasteiger partial charge >= 0.3 is 0 Å². The van der Waals surface area contributed by atoms with Gasteiger partial charge in [0.15, 0.2) is 0 Å². The molecular weight excluding hydrogens is 278 g/mol. The first-order valence-corrected chi connectivity index (χ1v) is 7.68. The molecule has 0 spiro atoms. The van der Waals surface area contributed by atoms with Crippen LogP contribution in [0.3, 0.4) is 0 Å². The van der Waals surface area contributed by atoms with Crippen LogP contribution >= 0.6 is 0 Å². The van der Waals surface area contributed by atoms with Crippen LogP contribution in [0.15, 0.2) is 41.0 Å². The van der Waals surface area contributed by atoms with E-state index in [0.717, 1.165) is 38.2 Å². The summed E-state index contributed by atoms with van der Waals surface area (Å²) in [7, 11) is 2.09. The van der Waals surface area contributed by atoms with Crippen LogP contribution in [0.4, 0.5) is 0 Å². The standard InChI is InChI=1S/C17H21N3O2/c1-19-8-5-9-20(11-10-19)16(21)12-15-13-22-17(18-15)14-6-3-2-4-7-14/h2-4,6-7,13H,5,8-12H2,1H3. The average molecular weight is 299 g/mol. The number of hydrogen-bond acceptors (Lipinski definition) is 4. The van der Waals surface area contributed by atoms with E-state index < -0.39 is 0 Å². The number of amides is 1. The zero-order chi connectivity index (χ0) is 15.4. The smallest absolute Gasteiger partial charge is 0.228 e. The van der Waals surface area contributed by atoms with Crippen molar-refractivity contribution in [3.8, 4) is 11.5 Å². The summed E-state index contributed by atoms with van der Waals surface area (Å²) in [5, 5.41) is 0. The van der Waals surface area contributed by atoms with Crippen LogP contribution in [-0.4, -0.2) is 53.9 Å². The lowest BCUT2D eigenvalue weighted by Gasteiger charge is -2.19. The zero-order valence-corrected chi connectivity index (χ0v) is 12.9. The summed E-state index contributed by atoms with van der Waals surface area (Å²) in [4.78, 5) is 21.0. The number of rotatable bonds is 3. The van der Waals surface area contributed by atoms with Gasteiger partial charge in [-0.3, -0.25) is 4.79 Å². The fourth-order valence-electron chi connectivity index (χ4n) is 2.66. The van der Waals surface area contributed by atoms with Crippen LogP contribution < -0.4 is 0 Å². The van der Waals surface area contributed by atoms with Gasteiger partial charge in [-0.05, 0) is 32.1 Å². The molecule has 3 rings (SSSR count). The number of carbonyl (C=O) groups is 1. The van der Waals surface area contributed by atoms with E-state index in [2.05, 4.69) is 16.9 Å². The summed E-state index contributed by atoms with van der Waals surface area (Å²) in [6.45, 7) is 3.59. The Morgan fingerprint density at radius 2 is 2.00 bits per heavy atom. The zero-order valence-electron chi connectivity index (χ0n) is 12.9. The number of hydrogen-bond donors (Lipinski definition) is 0. The van der Waals surface area contributed by atoms with Crippen molar-refractivity contribution in [1.82, 2.24) is 14.8 Å². The molecule has 1 aromatic heterocycles. The van der Waals surface area contributed by atoms with Gasteiger partial charge in [0.25, 0.3) is 0 Å². The van der Waals surface area contributed by atoms with E-state index in [1.807, 2.05) is 35.2 Å². The lowest BCUT2D eigenvalue weighted by molar-refractivity contribution is -0.130. The minimum absolute atomic E-state index is 0.128. The molecule has 1 aromatic carbocycles. The average Bonchev–Trinajstić information content (AvgIpc) is 2.88. The first-order valence-electron chi connectivity index (χ1n) is 7.68. The molecule has 22 heavy (non-hydrogen) atoms. The summed E-state index contributed by atoms with van der Waals surface area (Å²) in [6, 6.07) is 9.73. The summed E-state index contributed by atoms with van der Waals surface area (Å²) in [6.07, 6.45) is 2.92. The van der Waals surface area contributed by atoms with E-state index in [9.17, 15) is 4.79 Å². The third-order valence-electron chi connectivity index (χ3n) is 3.98. The number of oxazole rings is 1. The molecule has 1 aliphatic heterocycles. The third kappa shape index (κ3) is 3.54. The maximum atomic E-state index is 12.4. The van der Waals surface area contributed by atoms with E-state index in [0.29, 0.717) is 18.0 Å². The predicted octanol–water partition coefficient (Wildman–Crippen LogP) is 2.05. The molecule has 0 unspecified atom stereocenters. The van der Waals surface area contributed by atoms with Crippen LogP contribution in [0, 0.1) is 0 Å². The molecule has 0 atom stereocenters. The fourth-order valence-corrected chi connectivity index (χ4v) is 2.66. The topological polar surface area (TPSA) is 49.6 Å². The van der Waals surface area contributed by atoms with E-state index in [1.54, 1.807) is 6.26 Å². The molecule has 2 heterocycles. The SMILES string of the molecule is CN1CCCN(C(=O)Cc2coc(-c3ccccc3)n2)CC1. The highest BCUT2D eigenvalue weighted by Gasteiger charge is 2.19. The van der Waals surface area contributed by atoms with Crippen LogP contribution in [0.25, 0.3) is 11.5 Å². The molecule has 2 aromatic rings. The van der Waals surface area contributed by atoms with Gasteiger partial charge in [0, 0.05) is 25.2 Å². The largest absolute Gasteiger partial charge is 0.444 e. The Hall–Kier alpha value is -2.14. The highest BCUT2D eigenvalue weighted by atomic mass is 16.3. The molecule has 1 saturated heterocycles. The van der Waals surface area contributed by atoms with Gasteiger partial charge in [-0.25, -0.2) is 4.98 Å². The van der Waals surface area contributed by atoms with Gasteiger partial charge in [-0.15, -0.1) is 0 Å². The number of nitrogens with zero attached hydrogens (tertiary/aromatic N) is 3. The highest BCUT2D eigenvalue weighted by molar-refractivity contribution is 5.78. The van der Waals surface area contributed by atoms with Crippen molar-refractivity contribution in [2.24, 2.45) is 0 Å². The molecule has 0 N–H and O–H groups in total. The Bertz CT molecular complexity index is 624. The van der Waals surface area contributed by atoms with Gasteiger partial charge in [-0.1, -0.05) is 18.2 Å². The number of likely N-dealkylation sites (N-methyl/N-ethyl adjacent to an activating group) is 1. The minimum Gasteiger partial charge on any atom is -0.444 e. The second-order valence-electron chi connectivity index (χ2n) is 5.72. The van der Waals surface area contributed by atoms with Crippen molar-refractivity contribution >= 4 is 5.91 Å². The van der Waals surface area contributed by atoms with E-state index >= 15 is 0 Å². The van der Waals surface area contributed by atoms with Gasteiger partial charge in [0.1, 0.15) is 6.26 Å². The molecule has 0 radical (unpaired) electrons. The summed E-state index contributed by atoms with van der Waals surface area (Å²) < 4.78 is 5.49. The maximum Gasteiger partial charge on any atom is 0.228 e. The molecule has 0 aliphatic carbocycles. The number of aromatic nitrogens is 1. The Morgan fingerprint density at radius 3 is 2.82 bits per heavy atom. The number of benzene rings is 1. The van der Waals surface area contributed by atoms with E-state index in [1.165, 1.54) is 0 Å². The molecule has 5 heteroatoms. The van der Waals surface area contributed by atoms with Crippen molar-refractivity contribution in [2.75, 3.05) is 33.2 Å². The summed E-state index contributed by atoms with van der Waals surface area (Å²) in [5.41, 5.74) is 1.62. The van der Waals surface area contributed by atoms with Crippen molar-refractivity contribution in [1.29, 1.82) is 0 Å². The quantitative estimate of drug-likeness (QED) is 0.870. The summed E-state index contributed by atoms with van der Waals surface area (Å²) >= 11 is 0. The van der Waals surface area contributed by atoms with Gasteiger partial charge in [-0.2, -0.15) is 0 Å². The normalized spacial score (nSPS) is 16.5. The lowest BCUT2D eigenvalue weighted by atomic mass is 10.2. The third-order valence-corrected chi connectivity index (χ3v) is 3.98. The molecule has 1 aliphatic rings. The maximum absolute atomic E-state index is 12.4. The van der Waals surface area contributed by atoms with E-state index in [-0.39, 0.29) is 5.91 Å². The highest BCUT2D eigenvalue weighted by Crippen LogP contribution is 2.18. The second-order valence-corrected chi connectivity index (χ2v) is 5.72. The molecule has 0 saturated carbocycles. The predicted molar refractivity (Wildman–Crippen MR) is 84.3 cm³/mol. The van der Waals surface area contributed by atoms with Crippen LogP contribution in [-0.2, 0) is 11.2 Å². The molecule has 1 fully saturated rings. The van der Waals surface area contributed by atoms with Gasteiger partial charge < -0.3 is 14.2 Å². The molecule has 0 bridgehead atoms. The molecule has 116 valence electrons. The van der Waals surface area contributed by atoms with Gasteiger partial charge in [0.05, 0.1) is 12.1 Å². The first kappa shape index (κ1) is 14.8. The van der Waals surface area contributed by atoms with Crippen molar-refractivity contribution in [2.45, 2.75) is 12.8 Å². The number of carbonyl (C=O) groups excluding carboxylic acids is 1. The van der Waals surface area contributed by atoms with E-state index in [4.69, 9.17) is 4.42 Å². The first-order chi connectivity index (χ1) is 10.7. The van der Waals surface area contributed by atoms with Crippen molar-refractivity contribution in [3.05, 3.63) is 42.3 Å². The van der Waals surface area contributed by atoms with Crippen LogP contribution in [0.2, 0.25) is 0 Å². The lowest BCUT2D eigenvalue weighted by Crippen LogP contribution is -2.35. The van der Waals surface area contributed by atoms with Crippen LogP contribution in [0.5, 0.6) is 0 Å². The Labute approximate surface area is 130 Å². The Balaban J connectivity index is 1.63. The molecule has 5 nitrogen and oxygen atoms in total. The Morgan fingerprint density at radius 1 is 1.18 bits per heavy atom. The second kappa shape index (κ2) is 6.75. The molecule has 1 amide bonds. The fraction of sp³-hybridized carbons (Fsp3) is 0.412. The van der Waals surface area contributed by atoms with Crippen LogP contribution in [0.1, 0.15) is 12.1 Å². The monoisotopic (exact) mass is 299 g/mol.